The number of carbonyl (C=O) groups excluding carboxylic acids is 1. The van der Waals surface area contributed by atoms with Crippen LogP contribution in [0, 0.1) is 5.92 Å². The topological polar surface area (TPSA) is 66.5 Å². The minimum Gasteiger partial charge on any atom is -0.370 e. The number of sulfone groups is 1. The van der Waals surface area contributed by atoms with E-state index in [-0.39, 0.29) is 18.1 Å². The van der Waals surface area contributed by atoms with Gasteiger partial charge in [-0.05, 0) is 37.0 Å². The molecule has 1 amide bonds. The Morgan fingerprint density at radius 1 is 1.43 bits per heavy atom. The van der Waals surface area contributed by atoms with Crippen molar-refractivity contribution in [3.63, 3.8) is 0 Å². The number of hydrogen-bond acceptors (Lipinski definition) is 4. The largest absolute Gasteiger partial charge is 0.370 e. The summed E-state index contributed by atoms with van der Waals surface area (Å²) < 4.78 is 22.4. The maximum absolute atomic E-state index is 12.0. The summed E-state index contributed by atoms with van der Waals surface area (Å²) >= 11 is 6.05. The highest BCUT2D eigenvalue weighted by molar-refractivity contribution is 7.90. The normalized spacial score (nSPS) is 18.7. The molecule has 1 unspecified atom stereocenters. The first-order chi connectivity index (χ1) is 10.7. The van der Waals surface area contributed by atoms with Gasteiger partial charge in [-0.15, -0.1) is 0 Å². The van der Waals surface area contributed by atoms with Crippen molar-refractivity contribution in [1.29, 1.82) is 0 Å². The number of hydrogen-bond donors (Lipinski definition) is 1. The molecule has 0 bridgehead atoms. The molecule has 1 aromatic rings. The Hall–Kier alpha value is -1.27. The van der Waals surface area contributed by atoms with Crippen LogP contribution in [0.2, 0.25) is 5.02 Å². The number of halogens is 1. The first-order valence-corrected chi connectivity index (χ1v) is 10.2. The number of carbonyl (C=O) groups is 1. The van der Waals surface area contributed by atoms with Crippen LogP contribution in [0.4, 0.5) is 11.4 Å². The fourth-order valence-corrected chi connectivity index (χ4v) is 3.51. The molecule has 1 atom stereocenters. The lowest BCUT2D eigenvalue weighted by molar-refractivity contribution is -0.115. The molecule has 1 N–H and O–H groups in total. The van der Waals surface area contributed by atoms with Gasteiger partial charge in [-0.25, -0.2) is 8.42 Å². The van der Waals surface area contributed by atoms with Crippen molar-refractivity contribution in [3.05, 3.63) is 23.2 Å². The summed E-state index contributed by atoms with van der Waals surface area (Å²) in [6.45, 7) is 4.10. The molecule has 0 aliphatic carbocycles. The van der Waals surface area contributed by atoms with E-state index in [0.717, 1.165) is 31.5 Å². The molecule has 128 valence electrons. The molecule has 1 fully saturated rings. The van der Waals surface area contributed by atoms with E-state index < -0.39 is 9.84 Å². The second-order valence-electron chi connectivity index (χ2n) is 6.28. The molecule has 1 heterocycles. The summed E-state index contributed by atoms with van der Waals surface area (Å²) in [5.74, 6) is 0.132. The van der Waals surface area contributed by atoms with Gasteiger partial charge in [0.25, 0.3) is 0 Å². The summed E-state index contributed by atoms with van der Waals surface area (Å²) in [6, 6.07) is 5.43. The van der Waals surface area contributed by atoms with Crippen molar-refractivity contribution in [1.82, 2.24) is 0 Å². The first kappa shape index (κ1) is 18.1. The second kappa shape index (κ2) is 7.53. The Labute approximate surface area is 142 Å². The van der Waals surface area contributed by atoms with E-state index in [4.69, 9.17) is 11.6 Å². The summed E-state index contributed by atoms with van der Waals surface area (Å²) in [7, 11) is -3.15. The third-order valence-electron chi connectivity index (χ3n) is 3.93. The molecule has 0 radical (unpaired) electrons. The van der Waals surface area contributed by atoms with E-state index in [1.807, 2.05) is 12.1 Å². The highest BCUT2D eigenvalue weighted by Gasteiger charge is 2.20. The Morgan fingerprint density at radius 3 is 2.83 bits per heavy atom. The number of piperidine rings is 1. The van der Waals surface area contributed by atoms with Gasteiger partial charge in [-0.3, -0.25) is 4.79 Å². The maximum Gasteiger partial charge on any atom is 0.225 e. The quantitative estimate of drug-likeness (QED) is 0.878. The van der Waals surface area contributed by atoms with Crippen LogP contribution in [-0.2, 0) is 14.6 Å². The zero-order chi connectivity index (χ0) is 17.0. The molecule has 0 spiro atoms. The first-order valence-electron chi connectivity index (χ1n) is 7.76. The van der Waals surface area contributed by atoms with Gasteiger partial charge in [0.2, 0.25) is 5.91 Å². The lowest BCUT2D eigenvalue weighted by Crippen LogP contribution is -2.35. The van der Waals surface area contributed by atoms with E-state index in [0.29, 0.717) is 16.6 Å². The molecular weight excluding hydrogens is 336 g/mol. The van der Waals surface area contributed by atoms with Crippen LogP contribution in [0.1, 0.15) is 26.2 Å². The Balaban J connectivity index is 2.13. The van der Waals surface area contributed by atoms with Gasteiger partial charge < -0.3 is 10.2 Å². The van der Waals surface area contributed by atoms with Crippen molar-refractivity contribution in [3.8, 4) is 0 Å². The van der Waals surface area contributed by atoms with Crippen LogP contribution in [0.5, 0.6) is 0 Å². The molecule has 0 saturated carbocycles. The third-order valence-corrected chi connectivity index (χ3v) is 5.11. The van der Waals surface area contributed by atoms with Gasteiger partial charge >= 0.3 is 0 Å². The molecule has 1 saturated heterocycles. The van der Waals surface area contributed by atoms with Gasteiger partial charge in [0.05, 0.1) is 17.1 Å². The number of rotatable bonds is 5. The summed E-state index contributed by atoms with van der Waals surface area (Å²) in [4.78, 5) is 14.3. The fraction of sp³-hybridized carbons (Fsp3) is 0.562. The van der Waals surface area contributed by atoms with E-state index >= 15 is 0 Å². The molecule has 1 aliphatic rings. The van der Waals surface area contributed by atoms with E-state index in [1.54, 1.807) is 6.07 Å². The third kappa shape index (κ3) is 5.70. The fourth-order valence-electron chi connectivity index (χ4n) is 2.78. The highest BCUT2D eigenvalue weighted by Crippen LogP contribution is 2.32. The van der Waals surface area contributed by atoms with E-state index in [1.165, 1.54) is 6.42 Å². The van der Waals surface area contributed by atoms with Crippen molar-refractivity contribution in [2.24, 2.45) is 5.92 Å². The molecule has 23 heavy (non-hydrogen) atoms. The van der Waals surface area contributed by atoms with E-state index in [9.17, 15) is 13.2 Å². The van der Waals surface area contributed by atoms with Gasteiger partial charge in [0, 0.05) is 30.8 Å². The molecule has 7 heteroatoms. The van der Waals surface area contributed by atoms with Crippen LogP contribution in [0.15, 0.2) is 18.2 Å². The minimum absolute atomic E-state index is 0.0544. The number of nitrogens with one attached hydrogen (secondary N) is 1. The van der Waals surface area contributed by atoms with Gasteiger partial charge in [0.1, 0.15) is 9.84 Å². The standard InChI is InChI=1S/C16H23ClN2O3S/c1-12-4-3-8-19(11-12)15-6-5-13(17)10-14(15)18-16(20)7-9-23(2,21)22/h5-6,10,12H,3-4,7-9,11H2,1-2H3,(H,18,20). The summed E-state index contributed by atoms with van der Waals surface area (Å²) in [5, 5.41) is 3.35. The molecule has 1 aliphatic heterocycles. The van der Waals surface area contributed by atoms with Crippen LogP contribution >= 0.6 is 11.6 Å². The number of anilines is 2. The van der Waals surface area contributed by atoms with Crippen molar-refractivity contribution in [2.45, 2.75) is 26.2 Å². The molecule has 2 rings (SSSR count). The highest BCUT2D eigenvalue weighted by atomic mass is 35.5. The van der Waals surface area contributed by atoms with Gasteiger partial charge in [0.15, 0.2) is 0 Å². The van der Waals surface area contributed by atoms with Crippen LogP contribution in [0.25, 0.3) is 0 Å². The van der Waals surface area contributed by atoms with E-state index in [2.05, 4.69) is 17.1 Å². The number of amides is 1. The zero-order valence-electron chi connectivity index (χ0n) is 13.5. The van der Waals surface area contributed by atoms with Crippen molar-refractivity contribution in [2.75, 3.05) is 35.3 Å². The van der Waals surface area contributed by atoms with Crippen LogP contribution < -0.4 is 10.2 Å². The average Bonchev–Trinajstić information content (AvgIpc) is 2.44. The number of nitrogens with zero attached hydrogens (tertiary/aromatic N) is 1. The molecule has 5 nitrogen and oxygen atoms in total. The lowest BCUT2D eigenvalue weighted by Gasteiger charge is -2.34. The second-order valence-corrected chi connectivity index (χ2v) is 8.98. The summed E-state index contributed by atoms with van der Waals surface area (Å²) in [5.41, 5.74) is 1.58. The SMILES string of the molecule is CC1CCCN(c2ccc(Cl)cc2NC(=O)CCS(C)(=O)=O)C1. The minimum atomic E-state index is -3.15. The van der Waals surface area contributed by atoms with Crippen LogP contribution in [0.3, 0.4) is 0 Å². The predicted octanol–water partition coefficient (Wildman–Crippen LogP) is 2.95. The Morgan fingerprint density at radius 2 is 2.17 bits per heavy atom. The van der Waals surface area contributed by atoms with Gasteiger partial charge in [-0.2, -0.15) is 0 Å². The average molecular weight is 359 g/mol. The van der Waals surface area contributed by atoms with Gasteiger partial charge in [-0.1, -0.05) is 18.5 Å². The zero-order valence-corrected chi connectivity index (χ0v) is 15.1. The summed E-state index contributed by atoms with van der Waals surface area (Å²) in [6.07, 6.45) is 3.40. The molecule has 0 aromatic heterocycles. The molecular formula is C16H23ClN2O3S. The Bertz CT molecular complexity index is 676. The predicted molar refractivity (Wildman–Crippen MR) is 95.0 cm³/mol. The lowest BCUT2D eigenvalue weighted by atomic mass is 9.99. The smallest absolute Gasteiger partial charge is 0.225 e. The number of benzene rings is 1. The molecule has 1 aromatic carbocycles. The monoisotopic (exact) mass is 358 g/mol. The van der Waals surface area contributed by atoms with Crippen molar-refractivity contribution >= 4 is 38.7 Å². The maximum atomic E-state index is 12.0. The Kier molecular flexibility index (Phi) is 5.92. The van der Waals surface area contributed by atoms with Crippen LogP contribution in [-0.4, -0.2) is 39.4 Å². The van der Waals surface area contributed by atoms with Crippen molar-refractivity contribution < 1.29 is 13.2 Å².